The number of hydrogen-bond donors (Lipinski definition) is 3. The van der Waals surface area contributed by atoms with Crippen molar-refractivity contribution < 1.29 is 9.90 Å². The number of rotatable bonds is 7. The summed E-state index contributed by atoms with van der Waals surface area (Å²) in [6.07, 6.45) is 1.92. The molecule has 0 fully saturated rings. The number of phenolic OH excluding ortho intramolecular Hbond substituents is 1. The number of aromatic nitrogens is 3. The van der Waals surface area contributed by atoms with Crippen LogP contribution >= 0.6 is 15.9 Å². The lowest BCUT2D eigenvalue weighted by Gasteiger charge is -2.13. The second-order valence-electron chi connectivity index (χ2n) is 8.32. The molecule has 3 N–H and O–H groups in total. The Hall–Kier alpha value is -4.68. The Kier molecular flexibility index (Phi) is 6.83. The number of nitriles is 1. The summed E-state index contributed by atoms with van der Waals surface area (Å²) in [5.41, 5.74) is 4.73. The molecule has 5 aromatic rings. The lowest BCUT2D eigenvalue weighted by molar-refractivity contribution is 0.102. The molecule has 37 heavy (non-hydrogen) atoms. The number of para-hydroxylation sites is 1. The number of nitrogens with one attached hydrogen (secondary N) is 2. The van der Waals surface area contributed by atoms with Crippen molar-refractivity contribution in [2.45, 2.75) is 13.0 Å². The number of fused-ring (bicyclic) bond motifs is 1. The van der Waals surface area contributed by atoms with Crippen LogP contribution in [0.4, 0.5) is 11.5 Å². The van der Waals surface area contributed by atoms with Crippen LogP contribution in [0.3, 0.4) is 0 Å². The standard InChI is InChI=1S/C28H21BrN6O2/c29-23-17-32-35-26(15-24(34-27(23)35)22-9-1-2-10-25(22)36)31-16-19-6-4-8-21(14-19)33-28(37)20-7-3-5-18(13-20)11-12-30/h1-10,13-15,17,31,36H,11,16H2,(H,33,37). The van der Waals surface area contributed by atoms with Crippen molar-refractivity contribution in [2.24, 2.45) is 0 Å². The maximum atomic E-state index is 12.8. The average molecular weight is 553 g/mol. The zero-order chi connectivity index (χ0) is 25.8. The van der Waals surface area contributed by atoms with Gasteiger partial charge < -0.3 is 15.7 Å². The third-order valence-electron chi connectivity index (χ3n) is 5.74. The molecule has 9 heteroatoms. The maximum Gasteiger partial charge on any atom is 0.255 e. The maximum absolute atomic E-state index is 12.8. The smallest absolute Gasteiger partial charge is 0.255 e. The molecular weight excluding hydrogens is 532 g/mol. The third-order valence-corrected chi connectivity index (χ3v) is 6.30. The highest BCUT2D eigenvalue weighted by Crippen LogP contribution is 2.31. The van der Waals surface area contributed by atoms with E-state index in [0.717, 1.165) is 15.6 Å². The minimum Gasteiger partial charge on any atom is -0.507 e. The quantitative estimate of drug-likeness (QED) is 0.235. The number of anilines is 2. The minimum atomic E-state index is -0.241. The van der Waals surface area contributed by atoms with Crippen molar-refractivity contribution in [1.82, 2.24) is 14.6 Å². The zero-order valence-corrected chi connectivity index (χ0v) is 21.1. The summed E-state index contributed by atoms with van der Waals surface area (Å²) in [6, 6.07) is 25.6. The van der Waals surface area contributed by atoms with Crippen LogP contribution in [0.15, 0.2) is 89.5 Å². The first-order valence-corrected chi connectivity index (χ1v) is 12.2. The fourth-order valence-corrected chi connectivity index (χ4v) is 4.31. The van der Waals surface area contributed by atoms with E-state index in [1.54, 1.807) is 41.0 Å². The fraction of sp³-hybridized carbons (Fsp3) is 0.0714. The molecule has 0 aliphatic rings. The van der Waals surface area contributed by atoms with Crippen molar-refractivity contribution in [2.75, 3.05) is 10.6 Å². The molecular formula is C28H21BrN6O2. The van der Waals surface area contributed by atoms with Gasteiger partial charge in [-0.15, -0.1) is 0 Å². The number of nitrogens with zero attached hydrogens (tertiary/aromatic N) is 4. The summed E-state index contributed by atoms with van der Waals surface area (Å²) in [5, 5.41) is 30.0. The highest BCUT2D eigenvalue weighted by Gasteiger charge is 2.14. The molecule has 8 nitrogen and oxygen atoms in total. The molecule has 3 aromatic carbocycles. The number of carbonyl (C=O) groups excluding carboxylic acids is 1. The average Bonchev–Trinajstić information content (AvgIpc) is 3.29. The first-order valence-electron chi connectivity index (χ1n) is 11.4. The Labute approximate surface area is 221 Å². The first-order chi connectivity index (χ1) is 18.0. The first kappa shape index (κ1) is 24.0. The number of phenols is 1. The van der Waals surface area contributed by atoms with E-state index in [1.165, 1.54) is 0 Å². The van der Waals surface area contributed by atoms with Gasteiger partial charge in [-0.05, 0) is 63.5 Å². The van der Waals surface area contributed by atoms with Gasteiger partial charge in [0.1, 0.15) is 11.6 Å². The van der Waals surface area contributed by atoms with Gasteiger partial charge >= 0.3 is 0 Å². The predicted molar refractivity (Wildman–Crippen MR) is 145 cm³/mol. The van der Waals surface area contributed by atoms with E-state index < -0.39 is 0 Å². The molecule has 0 radical (unpaired) electrons. The lowest BCUT2D eigenvalue weighted by Crippen LogP contribution is -2.12. The van der Waals surface area contributed by atoms with Gasteiger partial charge in [0.15, 0.2) is 5.65 Å². The van der Waals surface area contributed by atoms with E-state index in [4.69, 9.17) is 5.26 Å². The number of hydrogen-bond acceptors (Lipinski definition) is 6. The van der Waals surface area contributed by atoms with Gasteiger partial charge in [0, 0.05) is 29.4 Å². The predicted octanol–water partition coefficient (Wildman–Crippen LogP) is 5.79. The largest absolute Gasteiger partial charge is 0.507 e. The van der Waals surface area contributed by atoms with E-state index in [9.17, 15) is 9.90 Å². The molecule has 5 rings (SSSR count). The van der Waals surface area contributed by atoms with Crippen LogP contribution in [0.5, 0.6) is 5.75 Å². The summed E-state index contributed by atoms with van der Waals surface area (Å²) in [6.45, 7) is 0.457. The number of carbonyl (C=O) groups is 1. The van der Waals surface area contributed by atoms with E-state index in [1.807, 2.05) is 48.5 Å². The normalized spacial score (nSPS) is 10.7. The Morgan fingerprint density at radius 1 is 1.03 bits per heavy atom. The van der Waals surface area contributed by atoms with Crippen molar-refractivity contribution in [3.8, 4) is 23.1 Å². The number of amides is 1. The van der Waals surface area contributed by atoms with Crippen LogP contribution < -0.4 is 10.6 Å². The van der Waals surface area contributed by atoms with E-state index in [0.29, 0.717) is 40.5 Å². The van der Waals surface area contributed by atoms with Gasteiger partial charge in [-0.25, -0.2) is 4.98 Å². The highest BCUT2D eigenvalue weighted by atomic mass is 79.9. The van der Waals surface area contributed by atoms with E-state index in [-0.39, 0.29) is 18.1 Å². The summed E-state index contributed by atoms with van der Waals surface area (Å²) in [4.78, 5) is 17.4. The molecule has 0 aliphatic carbocycles. The molecule has 0 saturated heterocycles. The molecule has 0 saturated carbocycles. The van der Waals surface area contributed by atoms with Crippen molar-refractivity contribution in [1.29, 1.82) is 5.26 Å². The van der Waals surface area contributed by atoms with E-state index >= 15 is 0 Å². The Morgan fingerprint density at radius 2 is 1.84 bits per heavy atom. The summed E-state index contributed by atoms with van der Waals surface area (Å²) in [7, 11) is 0. The van der Waals surface area contributed by atoms with Crippen molar-refractivity contribution in [3.05, 3.63) is 106 Å². The zero-order valence-electron chi connectivity index (χ0n) is 19.5. The summed E-state index contributed by atoms with van der Waals surface area (Å²) < 4.78 is 2.42. The van der Waals surface area contributed by atoms with Gasteiger partial charge in [0.2, 0.25) is 0 Å². The van der Waals surface area contributed by atoms with Crippen LogP contribution in [0.25, 0.3) is 16.9 Å². The second-order valence-corrected chi connectivity index (χ2v) is 9.17. The topological polar surface area (TPSA) is 115 Å². The van der Waals surface area contributed by atoms with Crippen LogP contribution in [0, 0.1) is 11.3 Å². The second kappa shape index (κ2) is 10.5. The van der Waals surface area contributed by atoms with Gasteiger partial charge in [0.25, 0.3) is 5.91 Å². The molecule has 0 unspecified atom stereocenters. The molecule has 2 aromatic heterocycles. The summed E-state index contributed by atoms with van der Waals surface area (Å²) >= 11 is 3.49. The van der Waals surface area contributed by atoms with Crippen molar-refractivity contribution >= 4 is 39.0 Å². The van der Waals surface area contributed by atoms with Crippen LogP contribution in [-0.2, 0) is 13.0 Å². The Balaban J connectivity index is 1.36. The van der Waals surface area contributed by atoms with Crippen LogP contribution in [-0.4, -0.2) is 25.6 Å². The van der Waals surface area contributed by atoms with Crippen LogP contribution in [0.2, 0.25) is 0 Å². The van der Waals surface area contributed by atoms with Crippen LogP contribution in [0.1, 0.15) is 21.5 Å². The number of aromatic hydroxyl groups is 1. The van der Waals surface area contributed by atoms with Gasteiger partial charge in [-0.2, -0.15) is 14.9 Å². The highest BCUT2D eigenvalue weighted by molar-refractivity contribution is 9.10. The molecule has 1 amide bonds. The molecule has 2 heterocycles. The molecule has 182 valence electrons. The number of benzene rings is 3. The van der Waals surface area contributed by atoms with Gasteiger partial charge in [-0.1, -0.05) is 36.4 Å². The minimum absolute atomic E-state index is 0.141. The molecule has 0 bridgehead atoms. The van der Waals surface area contributed by atoms with Gasteiger partial charge in [0.05, 0.1) is 28.9 Å². The Morgan fingerprint density at radius 3 is 2.68 bits per heavy atom. The molecule has 0 aliphatic heterocycles. The van der Waals surface area contributed by atoms with Crippen molar-refractivity contribution in [3.63, 3.8) is 0 Å². The lowest BCUT2D eigenvalue weighted by atomic mass is 10.1. The summed E-state index contributed by atoms with van der Waals surface area (Å²) in [5.74, 6) is 0.592. The molecule has 0 spiro atoms. The Bertz CT molecular complexity index is 1660. The van der Waals surface area contributed by atoms with Gasteiger partial charge in [-0.3, -0.25) is 4.79 Å². The van der Waals surface area contributed by atoms with E-state index in [2.05, 4.69) is 42.7 Å². The number of halogens is 1. The SMILES string of the molecule is N#CCc1cccc(C(=O)Nc2cccc(CNc3cc(-c4ccccc4O)nc4c(Br)cnn34)c2)c1. The fourth-order valence-electron chi connectivity index (χ4n) is 3.96. The monoisotopic (exact) mass is 552 g/mol. The molecule has 0 atom stereocenters. The third kappa shape index (κ3) is 5.29.